The molecule has 3 rings (SSSR count). The van der Waals surface area contributed by atoms with Crippen molar-refractivity contribution in [2.75, 3.05) is 14.2 Å². The van der Waals surface area contributed by atoms with Gasteiger partial charge < -0.3 is 14.4 Å². The number of hydrogen-bond acceptors (Lipinski definition) is 7. The van der Waals surface area contributed by atoms with E-state index in [9.17, 15) is 19.3 Å². The van der Waals surface area contributed by atoms with Gasteiger partial charge in [-0.05, 0) is 12.1 Å². The number of rotatable bonds is 8. The van der Waals surface area contributed by atoms with Crippen LogP contribution in [-0.4, -0.2) is 34.9 Å². The standard InChI is InChI=1S/C20H17ClFN3O5S/c1-24(8-14-15(21)4-3-5-16(14)22)20(26)13-6-18(29-2)19(7-17(13)25(27)28)30-9-12-10-31-11-23-12/h3-7,10-11H,8-9H2,1-2H3. The Bertz CT molecular complexity index is 1090. The van der Waals surface area contributed by atoms with Gasteiger partial charge in [-0.15, -0.1) is 11.3 Å². The largest absolute Gasteiger partial charge is 0.493 e. The molecule has 0 fully saturated rings. The minimum Gasteiger partial charge on any atom is -0.493 e. The van der Waals surface area contributed by atoms with Crippen molar-refractivity contribution in [3.8, 4) is 11.5 Å². The maximum atomic E-state index is 14.1. The monoisotopic (exact) mass is 465 g/mol. The average Bonchev–Trinajstić information content (AvgIpc) is 3.27. The second kappa shape index (κ2) is 9.71. The first-order valence-corrected chi connectivity index (χ1v) is 10.2. The van der Waals surface area contributed by atoms with Crippen molar-refractivity contribution in [2.45, 2.75) is 13.2 Å². The van der Waals surface area contributed by atoms with Gasteiger partial charge in [-0.3, -0.25) is 14.9 Å². The van der Waals surface area contributed by atoms with E-state index < -0.39 is 22.3 Å². The minimum atomic E-state index is -0.699. The fourth-order valence-electron chi connectivity index (χ4n) is 2.80. The van der Waals surface area contributed by atoms with Gasteiger partial charge in [-0.25, -0.2) is 9.37 Å². The molecule has 1 heterocycles. The summed E-state index contributed by atoms with van der Waals surface area (Å²) in [6.45, 7) is -0.0954. The zero-order valence-electron chi connectivity index (χ0n) is 16.5. The van der Waals surface area contributed by atoms with Gasteiger partial charge in [-0.1, -0.05) is 17.7 Å². The van der Waals surface area contributed by atoms with E-state index in [4.69, 9.17) is 21.1 Å². The van der Waals surface area contributed by atoms with Gasteiger partial charge in [-0.2, -0.15) is 0 Å². The zero-order valence-corrected chi connectivity index (χ0v) is 18.1. The van der Waals surface area contributed by atoms with E-state index in [0.717, 1.165) is 11.0 Å². The van der Waals surface area contributed by atoms with Crippen molar-refractivity contribution in [1.82, 2.24) is 9.88 Å². The molecule has 0 saturated heterocycles. The number of nitro groups is 1. The Hall–Kier alpha value is -3.24. The summed E-state index contributed by atoms with van der Waals surface area (Å²) in [5, 5.41) is 13.6. The summed E-state index contributed by atoms with van der Waals surface area (Å²) in [4.78, 5) is 29.2. The van der Waals surface area contributed by atoms with Crippen molar-refractivity contribution in [3.05, 3.63) is 79.0 Å². The highest BCUT2D eigenvalue weighted by atomic mass is 35.5. The van der Waals surface area contributed by atoms with Crippen molar-refractivity contribution in [2.24, 2.45) is 0 Å². The first-order chi connectivity index (χ1) is 14.8. The second-order valence-corrected chi connectivity index (χ2v) is 7.53. The molecule has 0 radical (unpaired) electrons. The molecule has 0 aliphatic carbocycles. The number of aromatic nitrogens is 1. The number of nitro benzene ring substituents is 1. The number of halogens is 2. The first-order valence-electron chi connectivity index (χ1n) is 8.86. The molecule has 0 bridgehead atoms. The van der Waals surface area contributed by atoms with Crippen LogP contribution >= 0.6 is 22.9 Å². The van der Waals surface area contributed by atoms with Crippen LogP contribution in [0.5, 0.6) is 11.5 Å². The molecule has 1 aromatic heterocycles. The van der Waals surface area contributed by atoms with Crippen molar-refractivity contribution >= 4 is 34.5 Å². The van der Waals surface area contributed by atoms with Crippen LogP contribution in [0.4, 0.5) is 10.1 Å². The molecule has 11 heteroatoms. The third kappa shape index (κ3) is 5.09. The van der Waals surface area contributed by atoms with E-state index in [2.05, 4.69) is 4.98 Å². The summed E-state index contributed by atoms with van der Waals surface area (Å²) in [5.41, 5.74) is 1.70. The average molecular weight is 466 g/mol. The second-order valence-electron chi connectivity index (χ2n) is 6.41. The SMILES string of the molecule is COc1cc(C(=O)N(C)Cc2c(F)cccc2Cl)c([N+](=O)[O-])cc1OCc1cscn1. The van der Waals surface area contributed by atoms with E-state index >= 15 is 0 Å². The molecular weight excluding hydrogens is 449 g/mol. The van der Waals surface area contributed by atoms with E-state index in [1.165, 1.54) is 49.8 Å². The number of benzene rings is 2. The zero-order chi connectivity index (χ0) is 22.5. The van der Waals surface area contributed by atoms with Crippen molar-refractivity contribution in [3.63, 3.8) is 0 Å². The molecule has 0 saturated carbocycles. The van der Waals surface area contributed by atoms with Crippen molar-refractivity contribution < 1.29 is 23.6 Å². The van der Waals surface area contributed by atoms with Crippen LogP contribution in [0.1, 0.15) is 21.6 Å². The molecule has 162 valence electrons. The lowest BCUT2D eigenvalue weighted by Crippen LogP contribution is -2.27. The summed E-state index contributed by atoms with van der Waals surface area (Å²) >= 11 is 7.41. The van der Waals surface area contributed by atoms with Gasteiger partial charge in [0.1, 0.15) is 18.0 Å². The summed E-state index contributed by atoms with van der Waals surface area (Å²) in [5.74, 6) is -1.04. The fraction of sp³-hybridized carbons (Fsp3) is 0.200. The van der Waals surface area contributed by atoms with Gasteiger partial charge in [0, 0.05) is 35.6 Å². The Labute approximate surface area is 186 Å². The number of nitrogens with zero attached hydrogens (tertiary/aromatic N) is 3. The molecule has 8 nitrogen and oxygen atoms in total. The Morgan fingerprint density at radius 3 is 2.74 bits per heavy atom. The van der Waals surface area contributed by atoms with E-state index in [1.54, 1.807) is 10.9 Å². The number of amides is 1. The third-order valence-corrected chi connectivity index (χ3v) is 5.36. The van der Waals surface area contributed by atoms with E-state index in [1.807, 2.05) is 0 Å². The van der Waals surface area contributed by atoms with Crippen LogP contribution in [0.15, 0.2) is 41.2 Å². The highest BCUT2D eigenvalue weighted by Crippen LogP contribution is 2.36. The number of carbonyl (C=O) groups excluding carboxylic acids is 1. The van der Waals surface area contributed by atoms with Gasteiger partial charge in [0.25, 0.3) is 11.6 Å². The predicted octanol–water partition coefficient (Wildman–Crippen LogP) is 4.70. The van der Waals surface area contributed by atoms with Crippen LogP contribution < -0.4 is 9.47 Å². The first kappa shape index (κ1) is 22.4. The van der Waals surface area contributed by atoms with Gasteiger partial charge in [0.2, 0.25) is 0 Å². The Morgan fingerprint density at radius 1 is 1.35 bits per heavy atom. The number of carbonyl (C=O) groups is 1. The summed E-state index contributed by atoms with van der Waals surface area (Å²) < 4.78 is 25.0. The molecule has 0 aliphatic rings. The molecule has 0 unspecified atom stereocenters. The molecule has 3 aromatic rings. The van der Waals surface area contributed by atoms with Crippen LogP contribution in [0.2, 0.25) is 5.02 Å². The number of thiazole rings is 1. The maximum absolute atomic E-state index is 14.1. The predicted molar refractivity (Wildman–Crippen MR) is 113 cm³/mol. The fourth-order valence-corrected chi connectivity index (χ4v) is 3.57. The van der Waals surface area contributed by atoms with Crippen LogP contribution in [0.25, 0.3) is 0 Å². The Balaban J connectivity index is 1.91. The molecule has 0 spiro atoms. The van der Waals surface area contributed by atoms with Crippen LogP contribution in [0.3, 0.4) is 0 Å². The Kier molecular flexibility index (Phi) is 7.03. The van der Waals surface area contributed by atoms with Gasteiger partial charge in [0.05, 0.1) is 29.3 Å². The molecule has 0 aliphatic heterocycles. The van der Waals surface area contributed by atoms with Gasteiger partial charge in [0.15, 0.2) is 11.5 Å². The lowest BCUT2D eigenvalue weighted by molar-refractivity contribution is -0.385. The number of hydrogen-bond donors (Lipinski definition) is 0. The summed E-state index contributed by atoms with van der Waals surface area (Å²) in [7, 11) is 2.75. The lowest BCUT2D eigenvalue weighted by Gasteiger charge is -2.19. The van der Waals surface area contributed by atoms with Crippen LogP contribution in [0, 0.1) is 15.9 Å². The molecule has 2 aromatic carbocycles. The third-order valence-electron chi connectivity index (χ3n) is 4.37. The van der Waals surface area contributed by atoms with E-state index in [-0.39, 0.29) is 40.8 Å². The highest BCUT2D eigenvalue weighted by molar-refractivity contribution is 7.07. The molecule has 1 amide bonds. The lowest BCUT2D eigenvalue weighted by atomic mass is 10.1. The quantitative estimate of drug-likeness (QED) is 0.353. The smallest absolute Gasteiger partial charge is 0.286 e. The molecule has 31 heavy (non-hydrogen) atoms. The van der Waals surface area contributed by atoms with Gasteiger partial charge >= 0.3 is 0 Å². The van der Waals surface area contributed by atoms with E-state index in [0.29, 0.717) is 5.69 Å². The molecule has 0 atom stereocenters. The molecular formula is C20H17ClFN3O5S. The minimum absolute atomic E-state index is 0.0794. The normalized spacial score (nSPS) is 10.6. The number of methoxy groups -OCH3 is 1. The highest BCUT2D eigenvalue weighted by Gasteiger charge is 2.27. The van der Waals surface area contributed by atoms with Crippen molar-refractivity contribution in [1.29, 1.82) is 0 Å². The summed E-state index contributed by atoms with van der Waals surface area (Å²) in [6.07, 6.45) is 0. The van der Waals surface area contributed by atoms with Crippen LogP contribution in [-0.2, 0) is 13.2 Å². The topological polar surface area (TPSA) is 94.8 Å². The summed E-state index contributed by atoms with van der Waals surface area (Å²) in [6, 6.07) is 6.53. The Morgan fingerprint density at radius 2 is 2.13 bits per heavy atom. The maximum Gasteiger partial charge on any atom is 0.286 e. The molecule has 0 N–H and O–H groups in total. The number of ether oxygens (including phenoxy) is 2.